The lowest BCUT2D eigenvalue weighted by Gasteiger charge is -2.18. The van der Waals surface area contributed by atoms with Crippen LogP contribution in [0.1, 0.15) is 63.5 Å². The van der Waals surface area contributed by atoms with E-state index < -0.39 is 0 Å². The quantitative estimate of drug-likeness (QED) is 0.679. The highest BCUT2D eigenvalue weighted by Gasteiger charge is 2.10. The van der Waals surface area contributed by atoms with E-state index in [0.717, 1.165) is 12.2 Å². The van der Waals surface area contributed by atoms with Crippen LogP contribution >= 0.6 is 0 Å². The molecule has 0 aromatic heterocycles. The van der Waals surface area contributed by atoms with Gasteiger partial charge in [-0.2, -0.15) is 0 Å². The Kier molecular flexibility index (Phi) is 5.97. The lowest BCUT2D eigenvalue weighted by molar-refractivity contribution is 0.669. The predicted octanol–water partition coefficient (Wildman–Crippen LogP) is 4.82. The molecule has 0 bridgehead atoms. The summed E-state index contributed by atoms with van der Waals surface area (Å²) in [6.45, 7) is 14.1. The van der Waals surface area contributed by atoms with Crippen molar-refractivity contribution in [3.05, 3.63) is 47.7 Å². The fourth-order valence-electron chi connectivity index (χ4n) is 1.97. The molecule has 0 amide bonds. The van der Waals surface area contributed by atoms with E-state index in [1.165, 1.54) is 24.0 Å². The summed E-state index contributed by atoms with van der Waals surface area (Å²) in [5.41, 5.74) is 3.89. The number of hydrogen-bond donors (Lipinski definition) is 1. The van der Waals surface area contributed by atoms with Crippen molar-refractivity contribution in [2.24, 2.45) is 0 Å². The van der Waals surface area contributed by atoms with Gasteiger partial charge in [0.05, 0.1) is 0 Å². The van der Waals surface area contributed by atoms with Crippen molar-refractivity contribution in [2.75, 3.05) is 6.54 Å². The maximum atomic E-state index is 4.17. The first-order valence-corrected chi connectivity index (χ1v) is 7.08. The van der Waals surface area contributed by atoms with Crippen LogP contribution in [-0.4, -0.2) is 6.54 Å². The minimum Gasteiger partial charge on any atom is -0.388 e. The second-order valence-corrected chi connectivity index (χ2v) is 5.35. The van der Waals surface area contributed by atoms with Crippen LogP contribution in [-0.2, 0) is 0 Å². The van der Waals surface area contributed by atoms with Crippen molar-refractivity contribution in [3.63, 3.8) is 0 Å². The van der Waals surface area contributed by atoms with E-state index >= 15 is 0 Å². The van der Waals surface area contributed by atoms with Crippen molar-refractivity contribution in [1.29, 1.82) is 0 Å². The largest absolute Gasteiger partial charge is 0.388 e. The van der Waals surface area contributed by atoms with E-state index in [1.807, 2.05) is 0 Å². The minimum absolute atomic E-state index is 0.376. The molecule has 1 nitrogen and oxygen atoms in total. The van der Waals surface area contributed by atoms with E-state index in [-0.39, 0.29) is 0 Å². The molecule has 1 unspecified atom stereocenters. The van der Waals surface area contributed by atoms with E-state index in [4.69, 9.17) is 0 Å². The zero-order valence-corrected chi connectivity index (χ0v) is 12.3. The van der Waals surface area contributed by atoms with Crippen molar-refractivity contribution >= 4 is 0 Å². The number of rotatable bonds is 7. The minimum atomic E-state index is 0.376. The van der Waals surface area contributed by atoms with E-state index in [1.54, 1.807) is 0 Å². The fraction of sp³-hybridized carbons (Fsp3) is 0.529. The molecular formula is C17H27N. The zero-order chi connectivity index (χ0) is 13.5. The van der Waals surface area contributed by atoms with Crippen LogP contribution < -0.4 is 5.32 Å². The average Bonchev–Trinajstić information content (AvgIpc) is 2.38. The van der Waals surface area contributed by atoms with Crippen LogP contribution in [0.25, 0.3) is 0 Å². The van der Waals surface area contributed by atoms with Gasteiger partial charge in [-0.1, -0.05) is 65.0 Å². The topological polar surface area (TPSA) is 12.0 Å². The van der Waals surface area contributed by atoms with Crippen LogP contribution in [0.3, 0.4) is 0 Å². The van der Waals surface area contributed by atoms with Crippen molar-refractivity contribution < 1.29 is 0 Å². The molecule has 0 aliphatic rings. The molecule has 1 rings (SSSR count). The standard InChI is InChI=1S/C17H27N/c1-6-7-11-18-15(5)14(4)17-10-8-9-16(12-17)13(2)3/h8-10,12-14,18H,5-7,11H2,1-4H3. The maximum Gasteiger partial charge on any atom is 0.0203 e. The zero-order valence-electron chi connectivity index (χ0n) is 12.3. The van der Waals surface area contributed by atoms with Crippen LogP contribution in [0.2, 0.25) is 0 Å². The third-order valence-electron chi connectivity index (χ3n) is 3.48. The fourth-order valence-corrected chi connectivity index (χ4v) is 1.97. The Morgan fingerprint density at radius 1 is 1.22 bits per heavy atom. The monoisotopic (exact) mass is 245 g/mol. The van der Waals surface area contributed by atoms with Crippen molar-refractivity contribution in [2.45, 2.75) is 52.4 Å². The number of allylic oxidation sites excluding steroid dienone is 1. The molecule has 100 valence electrons. The first-order chi connectivity index (χ1) is 8.56. The molecule has 0 saturated carbocycles. The van der Waals surface area contributed by atoms with Gasteiger partial charge in [0, 0.05) is 18.2 Å². The molecule has 0 aliphatic carbocycles. The Hall–Kier alpha value is -1.24. The van der Waals surface area contributed by atoms with Gasteiger partial charge in [0.2, 0.25) is 0 Å². The van der Waals surface area contributed by atoms with E-state index in [0.29, 0.717) is 11.8 Å². The highest BCUT2D eigenvalue weighted by Crippen LogP contribution is 2.24. The van der Waals surface area contributed by atoms with E-state index in [2.05, 4.69) is 63.9 Å². The lowest BCUT2D eigenvalue weighted by Crippen LogP contribution is -2.18. The van der Waals surface area contributed by atoms with Crippen LogP contribution in [0.4, 0.5) is 0 Å². The smallest absolute Gasteiger partial charge is 0.0203 e. The summed E-state index contributed by atoms with van der Waals surface area (Å²) in [7, 11) is 0. The van der Waals surface area contributed by atoms with Crippen molar-refractivity contribution in [1.82, 2.24) is 5.32 Å². The average molecular weight is 245 g/mol. The third-order valence-corrected chi connectivity index (χ3v) is 3.48. The van der Waals surface area contributed by atoms with E-state index in [9.17, 15) is 0 Å². The lowest BCUT2D eigenvalue weighted by atomic mass is 9.93. The summed E-state index contributed by atoms with van der Waals surface area (Å²) in [5, 5.41) is 3.44. The van der Waals surface area contributed by atoms with Gasteiger partial charge in [0.15, 0.2) is 0 Å². The molecule has 1 N–H and O–H groups in total. The van der Waals surface area contributed by atoms with Gasteiger partial charge in [-0.25, -0.2) is 0 Å². The van der Waals surface area contributed by atoms with Gasteiger partial charge in [0.1, 0.15) is 0 Å². The molecule has 0 heterocycles. The summed E-state index contributed by atoms with van der Waals surface area (Å²) < 4.78 is 0. The maximum absolute atomic E-state index is 4.17. The summed E-state index contributed by atoms with van der Waals surface area (Å²) in [5.74, 6) is 0.957. The Bertz CT molecular complexity index is 379. The van der Waals surface area contributed by atoms with Gasteiger partial charge in [-0.15, -0.1) is 0 Å². The van der Waals surface area contributed by atoms with Crippen LogP contribution in [0, 0.1) is 0 Å². The van der Waals surface area contributed by atoms with Gasteiger partial charge in [-0.3, -0.25) is 0 Å². The van der Waals surface area contributed by atoms with Gasteiger partial charge in [0.25, 0.3) is 0 Å². The molecule has 1 aromatic carbocycles. The number of nitrogens with one attached hydrogen (secondary N) is 1. The molecule has 1 heteroatoms. The summed E-state index contributed by atoms with van der Waals surface area (Å²) in [6.07, 6.45) is 2.43. The number of hydrogen-bond acceptors (Lipinski definition) is 1. The molecule has 0 saturated heterocycles. The SMILES string of the molecule is C=C(NCCCC)C(C)c1cccc(C(C)C)c1. The summed E-state index contributed by atoms with van der Waals surface area (Å²) >= 11 is 0. The van der Waals surface area contributed by atoms with Gasteiger partial charge in [-0.05, 0) is 23.5 Å². The van der Waals surface area contributed by atoms with Gasteiger partial charge < -0.3 is 5.32 Å². The van der Waals surface area contributed by atoms with Crippen LogP contribution in [0.15, 0.2) is 36.5 Å². The highest BCUT2D eigenvalue weighted by molar-refractivity contribution is 5.31. The molecule has 0 fully saturated rings. The molecule has 1 aromatic rings. The predicted molar refractivity (Wildman–Crippen MR) is 81.0 cm³/mol. The number of benzene rings is 1. The Labute approximate surface area is 112 Å². The Morgan fingerprint density at radius 2 is 1.89 bits per heavy atom. The second-order valence-electron chi connectivity index (χ2n) is 5.35. The van der Waals surface area contributed by atoms with Crippen LogP contribution in [0.5, 0.6) is 0 Å². The Balaban J connectivity index is 2.68. The molecule has 18 heavy (non-hydrogen) atoms. The summed E-state index contributed by atoms with van der Waals surface area (Å²) in [4.78, 5) is 0. The first-order valence-electron chi connectivity index (χ1n) is 7.08. The molecule has 0 spiro atoms. The number of unbranched alkanes of at least 4 members (excludes halogenated alkanes) is 1. The molecule has 0 radical (unpaired) electrons. The van der Waals surface area contributed by atoms with Gasteiger partial charge >= 0.3 is 0 Å². The normalized spacial score (nSPS) is 12.5. The molecule has 1 atom stereocenters. The highest BCUT2D eigenvalue weighted by atomic mass is 14.9. The molecule has 0 aliphatic heterocycles. The van der Waals surface area contributed by atoms with Crippen molar-refractivity contribution in [3.8, 4) is 0 Å². The Morgan fingerprint density at radius 3 is 2.50 bits per heavy atom. The second kappa shape index (κ2) is 7.25. The first kappa shape index (κ1) is 14.8. The summed E-state index contributed by atoms with van der Waals surface area (Å²) in [6, 6.07) is 8.86. The third kappa shape index (κ3) is 4.21. The molecular weight excluding hydrogens is 218 g/mol.